The maximum absolute atomic E-state index is 12.8. The Morgan fingerprint density at radius 2 is 1.57 bits per heavy atom. The zero-order valence-corrected chi connectivity index (χ0v) is 17.3. The van der Waals surface area contributed by atoms with Crippen LogP contribution in [0.25, 0.3) is 11.1 Å². The zero-order chi connectivity index (χ0) is 19.3. The van der Waals surface area contributed by atoms with Crippen LogP contribution in [0.1, 0.15) is 17.0 Å². The molecule has 0 aliphatic rings. The Morgan fingerprint density at radius 3 is 2.36 bits per heavy atom. The summed E-state index contributed by atoms with van der Waals surface area (Å²) in [7, 11) is -1.41. The molecule has 140 valence electrons. The molecule has 6 heteroatoms. The fourth-order valence-corrected chi connectivity index (χ4v) is 4.17. The first kappa shape index (κ1) is 18.8. The quantitative estimate of drug-likeness (QED) is 0.393. The summed E-state index contributed by atoms with van der Waals surface area (Å²) in [6.45, 7) is 0. The molecule has 0 N–H and O–H groups in total. The van der Waals surface area contributed by atoms with E-state index in [0.29, 0.717) is 18.1 Å². The van der Waals surface area contributed by atoms with E-state index in [9.17, 15) is 4.21 Å². The number of nitrogens with zero attached hydrogens (tertiary/aromatic N) is 2. The van der Waals surface area contributed by atoms with E-state index in [1.807, 2.05) is 78.9 Å². The van der Waals surface area contributed by atoms with E-state index < -0.39 is 10.8 Å². The highest BCUT2D eigenvalue weighted by Gasteiger charge is 2.16. The predicted molar refractivity (Wildman–Crippen MR) is 113 cm³/mol. The lowest BCUT2D eigenvalue weighted by Gasteiger charge is -2.08. The van der Waals surface area contributed by atoms with Gasteiger partial charge in [-0.3, -0.25) is 0 Å². The second kappa shape index (κ2) is 8.63. The average molecular weight is 453 g/mol. The van der Waals surface area contributed by atoms with E-state index in [1.165, 1.54) is 0 Å². The van der Waals surface area contributed by atoms with E-state index in [2.05, 4.69) is 26.1 Å². The number of benzene rings is 3. The van der Waals surface area contributed by atoms with E-state index in [1.54, 1.807) is 0 Å². The minimum Gasteiger partial charge on any atom is -0.414 e. The smallest absolute Gasteiger partial charge is 0.307 e. The summed E-state index contributed by atoms with van der Waals surface area (Å²) in [6.07, 6.45) is 0.512. The first-order valence-corrected chi connectivity index (χ1v) is 10.9. The van der Waals surface area contributed by atoms with E-state index in [0.717, 1.165) is 26.7 Å². The van der Waals surface area contributed by atoms with Crippen molar-refractivity contribution in [2.45, 2.75) is 17.4 Å². The molecular weight excluding hydrogens is 436 g/mol. The van der Waals surface area contributed by atoms with Crippen LogP contribution in [0, 0.1) is 0 Å². The van der Waals surface area contributed by atoms with Gasteiger partial charge in [-0.05, 0) is 34.4 Å². The fraction of sp³-hybridized carbons (Fsp3) is 0.0909. The summed E-state index contributed by atoms with van der Waals surface area (Å²) < 4.78 is 19.5. The Balaban J connectivity index is 1.51. The molecule has 1 atom stereocenters. The van der Waals surface area contributed by atoms with Gasteiger partial charge >= 0.3 is 5.22 Å². The van der Waals surface area contributed by atoms with Gasteiger partial charge in [-0.2, -0.15) is 0 Å². The summed E-state index contributed by atoms with van der Waals surface area (Å²) in [4.78, 5) is 0. The van der Waals surface area contributed by atoms with Crippen molar-refractivity contribution in [2.75, 3.05) is 0 Å². The molecule has 0 spiro atoms. The molecular formula is C22H17BrN2O2S. The van der Waals surface area contributed by atoms with Crippen molar-refractivity contribution >= 4 is 26.7 Å². The number of halogens is 1. The van der Waals surface area contributed by atoms with Gasteiger partial charge in [-0.1, -0.05) is 87.8 Å². The first-order valence-electron chi connectivity index (χ1n) is 8.77. The minimum atomic E-state index is -1.41. The first-order chi connectivity index (χ1) is 13.7. The molecule has 1 aromatic heterocycles. The molecule has 4 nitrogen and oxygen atoms in total. The maximum Gasteiger partial charge on any atom is 0.307 e. The monoisotopic (exact) mass is 452 g/mol. The zero-order valence-electron chi connectivity index (χ0n) is 14.9. The SMILES string of the molecule is O=S(Cc1ccccc1-c1ccccc1)c1nnc(Cc2ccc(Br)cc2)o1. The van der Waals surface area contributed by atoms with Gasteiger partial charge in [-0.25, -0.2) is 4.21 Å². The van der Waals surface area contributed by atoms with Crippen LogP contribution in [0.4, 0.5) is 0 Å². The van der Waals surface area contributed by atoms with Gasteiger partial charge in [0.15, 0.2) is 0 Å². The molecule has 28 heavy (non-hydrogen) atoms. The molecule has 0 aliphatic heterocycles. The normalized spacial score (nSPS) is 12.0. The van der Waals surface area contributed by atoms with Gasteiger partial charge < -0.3 is 4.42 Å². The molecule has 4 rings (SSSR count). The molecule has 0 radical (unpaired) electrons. The standard InChI is InChI=1S/C22H17BrN2O2S/c23-19-12-10-16(11-13-19)14-21-24-25-22(27-21)28(26)15-18-8-4-5-9-20(18)17-6-2-1-3-7-17/h1-13H,14-15H2. The molecule has 0 aliphatic carbocycles. The van der Waals surface area contributed by atoms with Crippen molar-refractivity contribution in [3.05, 3.63) is 100 Å². The van der Waals surface area contributed by atoms with Crippen LogP contribution in [0.15, 0.2) is 93.0 Å². The summed E-state index contributed by atoms with van der Waals surface area (Å²) in [5, 5.41) is 8.22. The lowest BCUT2D eigenvalue weighted by molar-refractivity contribution is 0.413. The van der Waals surface area contributed by atoms with Crippen LogP contribution in [0.3, 0.4) is 0 Å². The topological polar surface area (TPSA) is 56.0 Å². The summed E-state index contributed by atoms with van der Waals surface area (Å²) in [5.41, 5.74) is 4.20. The molecule has 4 aromatic rings. The Bertz CT molecular complexity index is 1090. The van der Waals surface area contributed by atoms with E-state index in [-0.39, 0.29) is 5.22 Å². The highest BCUT2D eigenvalue weighted by molar-refractivity contribution is 9.10. The third-order valence-electron chi connectivity index (χ3n) is 4.30. The predicted octanol–water partition coefficient (Wildman–Crippen LogP) is 5.40. The van der Waals surface area contributed by atoms with Gasteiger partial charge in [0, 0.05) is 4.47 Å². The Hall–Kier alpha value is -2.57. The Kier molecular flexibility index (Phi) is 5.78. The Labute approximate surface area is 174 Å². The molecule has 1 heterocycles. The van der Waals surface area contributed by atoms with Crippen molar-refractivity contribution in [3.63, 3.8) is 0 Å². The lowest BCUT2D eigenvalue weighted by atomic mass is 10.0. The van der Waals surface area contributed by atoms with Crippen molar-refractivity contribution < 1.29 is 8.63 Å². The molecule has 0 bridgehead atoms. The summed E-state index contributed by atoms with van der Waals surface area (Å²) in [6, 6.07) is 25.9. The van der Waals surface area contributed by atoms with E-state index >= 15 is 0 Å². The molecule has 0 amide bonds. The number of rotatable bonds is 6. The van der Waals surface area contributed by atoms with Crippen LogP contribution in [0.5, 0.6) is 0 Å². The van der Waals surface area contributed by atoms with Gasteiger partial charge in [0.2, 0.25) is 5.89 Å². The van der Waals surface area contributed by atoms with Crippen LogP contribution < -0.4 is 0 Å². The maximum atomic E-state index is 12.8. The van der Waals surface area contributed by atoms with Crippen molar-refractivity contribution in [2.24, 2.45) is 0 Å². The van der Waals surface area contributed by atoms with Crippen LogP contribution in [-0.4, -0.2) is 14.4 Å². The minimum absolute atomic E-state index is 0.162. The molecule has 0 saturated carbocycles. The second-order valence-corrected chi connectivity index (χ2v) is 8.52. The fourth-order valence-electron chi connectivity index (χ4n) is 2.93. The molecule has 3 aromatic carbocycles. The number of hydrogen-bond acceptors (Lipinski definition) is 4. The van der Waals surface area contributed by atoms with Crippen molar-refractivity contribution in [1.82, 2.24) is 10.2 Å². The van der Waals surface area contributed by atoms with Crippen LogP contribution in [0.2, 0.25) is 0 Å². The highest BCUT2D eigenvalue weighted by Crippen LogP contribution is 2.25. The highest BCUT2D eigenvalue weighted by atomic mass is 79.9. The summed E-state index contributed by atoms with van der Waals surface area (Å²) >= 11 is 3.42. The Morgan fingerprint density at radius 1 is 0.857 bits per heavy atom. The number of hydrogen-bond donors (Lipinski definition) is 0. The summed E-state index contributed by atoms with van der Waals surface area (Å²) in [5.74, 6) is 0.785. The van der Waals surface area contributed by atoms with Crippen molar-refractivity contribution in [3.8, 4) is 11.1 Å². The average Bonchev–Trinajstić information content (AvgIpc) is 3.19. The van der Waals surface area contributed by atoms with Gasteiger partial charge in [0.05, 0.1) is 12.2 Å². The third-order valence-corrected chi connectivity index (χ3v) is 5.96. The largest absolute Gasteiger partial charge is 0.414 e. The molecule has 1 unspecified atom stereocenters. The lowest BCUT2D eigenvalue weighted by Crippen LogP contribution is -1.99. The molecule has 0 fully saturated rings. The number of aromatic nitrogens is 2. The van der Waals surface area contributed by atoms with Gasteiger partial charge in [-0.15, -0.1) is 5.10 Å². The molecule has 0 saturated heterocycles. The second-order valence-electron chi connectivity index (χ2n) is 6.28. The van der Waals surface area contributed by atoms with Crippen LogP contribution in [-0.2, 0) is 23.0 Å². The van der Waals surface area contributed by atoms with E-state index in [4.69, 9.17) is 4.42 Å². The van der Waals surface area contributed by atoms with Gasteiger partial charge in [0.25, 0.3) is 0 Å². The van der Waals surface area contributed by atoms with Gasteiger partial charge in [0.1, 0.15) is 10.8 Å². The third kappa shape index (κ3) is 4.46. The van der Waals surface area contributed by atoms with Crippen LogP contribution >= 0.6 is 15.9 Å². The van der Waals surface area contributed by atoms with Crippen molar-refractivity contribution in [1.29, 1.82) is 0 Å².